The van der Waals surface area contributed by atoms with E-state index in [1.165, 1.54) is 12.0 Å². The summed E-state index contributed by atoms with van der Waals surface area (Å²) in [5, 5.41) is 0. The highest BCUT2D eigenvalue weighted by atomic mass is 16.5. The van der Waals surface area contributed by atoms with E-state index in [1.807, 2.05) is 18.2 Å². The third-order valence-electron chi connectivity index (χ3n) is 5.42. The van der Waals surface area contributed by atoms with Crippen LogP contribution in [0.1, 0.15) is 47.7 Å². The topological polar surface area (TPSA) is 38.8 Å². The third kappa shape index (κ3) is 3.47. The average molecular weight is 351 g/mol. The van der Waals surface area contributed by atoms with Crippen LogP contribution < -0.4 is 4.74 Å². The number of benzene rings is 2. The van der Waals surface area contributed by atoms with Gasteiger partial charge in [-0.3, -0.25) is 4.90 Å². The van der Waals surface area contributed by atoms with E-state index in [2.05, 4.69) is 42.2 Å². The summed E-state index contributed by atoms with van der Waals surface area (Å²) < 4.78 is 11.5. The molecule has 0 saturated carbocycles. The summed E-state index contributed by atoms with van der Waals surface area (Å²) in [6.07, 6.45) is 3.49. The van der Waals surface area contributed by atoms with Gasteiger partial charge in [0.15, 0.2) is 0 Å². The maximum absolute atomic E-state index is 11.6. The molecule has 2 heterocycles. The van der Waals surface area contributed by atoms with Gasteiger partial charge in [-0.05, 0) is 49.6 Å². The number of carbonyl (C=O) groups is 1. The van der Waals surface area contributed by atoms with Gasteiger partial charge in [0.05, 0.1) is 5.56 Å². The highest BCUT2D eigenvalue weighted by Crippen LogP contribution is 2.29. The van der Waals surface area contributed by atoms with Crippen molar-refractivity contribution >= 4 is 5.97 Å². The van der Waals surface area contributed by atoms with E-state index in [9.17, 15) is 4.79 Å². The van der Waals surface area contributed by atoms with E-state index >= 15 is 0 Å². The smallest absolute Gasteiger partial charge is 0.338 e. The van der Waals surface area contributed by atoms with Gasteiger partial charge in [-0.25, -0.2) is 4.79 Å². The first-order chi connectivity index (χ1) is 12.7. The molecular weight excluding hydrogens is 326 g/mol. The fraction of sp³-hybridized carbons (Fsp3) is 0.409. The molecule has 4 nitrogen and oxygen atoms in total. The Labute approximate surface area is 154 Å². The minimum absolute atomic E-state index is 0.150. The quantitative estimate of drug-likeness (QED) is 0.732. The fourth-order valence-corrected chi connectivity index (χ4v) is 4.08. The maximum atomic E-state index is 11.6. The number of esters is 1. The molecule has 2 aromatic rings. The van der Waals surface area contributed by atoms with Crippen molar-refractivity contribution in [2.45, 2.75) is 51.5 Å². The predicted octanol–water partition coefficient (Wildman–Crippen LogP) is 4.18. The van der Waals surface area contributed by atoms with Crippen molar-refractivity contribution < 1.29 is 14.3 Å². The lowest BCUT2D eigenvalue weighted by molar-refractivity contribution is 0.0535. The van der Waals surface area contributed by atoms with Gasteiger partial charge in [-0.1, -0.05) is 37.3 Å². The number of fused-ring (bicyclic) bond motifs is 1. The van der Waals surface area contributed by atoms with Gasteiger partial charge in [-0.15, -0.1) is 0 Å². The molecule has 2 aliphatic rings. The number of carbonyl (C=O) groups excluding carboxylic acids is 1. The van der Waals surface area contributed by atoms with Crippen LogP contribution in [0.4, 0.5) is 0 Å². The van der Waals surface area contributed by atoms with Crippen LogP contribution in [0, 0.1) is 0 Å². The van der Waals surface area contributed by atoms with Gasteiger partial charge in [0, 0.05) is 18.2 Å². The Morgan fingerprint density at radius 1 is 1.23 bits per heavy atom. The van der Waals surface area contributed by atoms with Crippen molar-refractivity contribution in [3.8, 4) is 5.75 Å². The van der Waals surface area contributed by atoms with Crippen LogP contribution in [0.2, 0.25) is 0 Å². The predicted molar refractivity (Wildman–Crippen MR) is 100 cm³/mol. The lowest BCUT2D eigenvalue weighted by atomic mass is 10.0. The molecule has 1 fully saturated rings. The molecule has 0 aromatic heterocycles. The number of rotatable bonds is 6. The maximum Gasteiger partial charge on any atom is 0.338 e. The van der Waals surface area contributed by atoms with E-state index in [0.29, 0.717) is 18.2 Å². The third-order valence-corrected chi connectivity index (χ3v) is 5.42. The standard InChI is InChI=1S/C22H25NO3/c1-2-21(26-18-10-11-19-17(13-18)15-25-22(19)24)20-9-6-12-23(20)14-16-7-4-3-5-8-16/h3-5,7-8,10-11,13,20-21H,2,6,9,12,14-15H2,1H3/t20-,21?/m0/s1. The van der Waals surface area contributed by atoms with Crippen LogP contribution in [0.15, 0.2) is 48.5 Å². The molecule has 0 N–H and O–H groups in total. The van der Waals surface area contributed by atoms with Crippen LogP contribution >= 0.6 is 0 Å². The van der Waals surface area contributed by atoms with Crippen molar-refractivity contribution in [1.82, 2.24) is 4.90 Å². The molecule has 26 heavy (non-hydrogen) atoms. The SMILES string of the molecule is CCC(Oc1ccc2c(c1)COC2=O)[C@@H]1CCCN1Cc1ccccc1. The minimum atomic E-state index is -0.233. The van der Waals surface area contributed by atoms with Crippen LogP contribution in [0.25, 0.3) is 0 Å². The second-order valence-corrected chi connectivity index (χ2v) is 7.13. The molecule has 1 saturated heterocycles. The first-order valence-corrected chi connectivity index (χ1v) is 9.49. The number of hydrogen-bond acceptors (Lipinski definition) is 4. The molecule has 0 aliphatic carbocycles. The van der Waals surface area contributed by atoms with Gasteiger partial charge >= 0.3 is 5.97 Å². The lowest BCUT2D eigenvalue weighted by Gasteiger charge is -2.31. The first-order valence-electron chi connectivity index (χ1n) is 9.49. The van der Waals surface area contributed by atoms with Crippen molar-refractivity contribution in [1.29, 1.82) is 0 Å². The zero-order valence-electron chi connectivity index (χ0n) is 15.2. The summed E-state index contributed by atoms with van der Waals surface area (Å²) in [4.78, 5) is 14.2. The normalized spacial score (nSPS) is 20.7. The summed E-state index contributed by atoms with van der Waals surface area (Å²) in [5.41, 5.74) is 2.94. The summed E-state index contributed by atoms with van der Waals surface area (Å²) in [7, 11) is 0. The highest BCUT2D eigenvalue weighted by molar-refractivity contribution is 5.93. The largest absolute Gasteiger partial charge is 0.489 e. The Bertz CT molecular complexity index is 774. The van der Waals surface area contributed by atoms with E-state index in [-0.39, 0.29) is 12.1 Å². The average Bonchev–Trinajstić information content (AvgIpc) is 3.27. The van der Waals surface area contributed by atoms with Crippen molar-refractivity contribution in [2.24, 2.45) is 0 Å². The summed E-state index contributed by atoms with van der Waals surface area (Å²) in [6, 6.07) is 16.7. The number of cyclic esters (lactones) is 1. The zero-order valence-corrected chi connectivity index (χ0v) is 15.2. The Morgan fingerprint density at radius 3 is 2.88 bits per heavy atom. The van der Waals surface area contributed by atoms with E-state index in [0.717, 1.165) is 37.2 Å². The number of hydrogen-bond donors (Lipinski definition) is 0. The summed E-state index contributed by atoms with van der Waals surface area (Å²) in [6.45, 7) is 4.62. The molecular formula is C22H25NO3. The van der Waals surface area contributed by atoms with Gasteiger partial charge in [0.25, 0.3) is 0 Å². The van der Waals surface area contributed by atoms with E-state index < -0.39 is 0 Å². The Hall–Kier alpha value is -2.33. The van der Waals surface area contributed by atoms with Gasteiger partial charge in [0.2, 0.25) is 0 Å². The van der Waals surface area contributed by atoms with Crippen LogP contribution in [0.5, 0.6) is 5.75 Å². The van der Waals surface area contributed by atoms with E-state index in [1.54, 1.807) is 0 Å². The minimum Gasteiger partial charge on any atom is -0.489 e. The number of likely N-dealkylation sites (tertiary alicyclic amines) is 1. The Morgan fingerprint density at radius 2 is 2.08 bits per heavy atom. The molecule has 2 atom stereocenters. The first kappa shape index (κ1) is 17.1. The Balaban J connectivity index is 1.47. The van der Waals surface area contributed by atoms with Crippen molar-refractivity contribution in [3.63, 3.8) is 0 Å². The van der Waals surface area contributed by atoms with Crippen molar-refractivity contribution in [3.05, 3.63) is 65.2 Å². The molecule has 2 aromatic carbocycles. The monoisotopic (exact) mass is 351 g/mol. The molecule has 0 amide bonds. The molecule has 0 spiro atoms. The van der Waals surface area contributed by atoms with Crippen molar-refractivity contribution in [2.75, 3.05) is 6.54 Å². The molecule has 4 rings (SSSR count). The summed E-state index contributed by atoms with van der Waals surface area (Å²) >= 11 is 0. The highest BCUT2D eigenvalue weighted by Gasteiger charge is 2.32. The van der Waals surface area contributed by atoms with Gasteiger partial charge < -0.3 is 9.47 Å². The second-order valence-electron chi connectivity index (χ2n) is 7.13. The zero-order chi connectivity index (χ0) is 17.9. The number of ether oxygens (including phenoxy) is 2. The Kier molecular flexibility index (Phi) is 4.93. The molecule has 4 heteroatoms. The van der Waals surface area contributed by atoms with Gasteiger partial charge in [0.1, 0.15) is 18.5 Å². The van der Waals surface area contributed by atoms with E-state index in [4.69, 9.17) is 9.47 Å². The molecule has 2 aliphatic heterocycles. The molecule has 136 valence electrons. The van der Waals surface area contributed by atoms with Gasteiger partial charge in [-0.2, -0.15) is 0 Å². The number of nitrogens with zero attached hydrogens (tertiary/aromatic N) is 1. The second kappa shape index (κ2) is 7.50. The van der Waals surface area contributed by atoms with Crippen LogP contribution in [-0.4, -0.2) is 29.6 Å². The fourth-order valence-electron chi connectivity index (χ4n) is 4.08. The molecule has 0 radical (unpaired) electrons. The lowest BCUT2D eigenvalue weighted by Crippen LogP contribution is -2.41. The summed E-state index contributed by atoms with van der Waals surface area (Å²) in [5.74, 6) is 0.601. The molecule has 0 bridgehead atoms. The van der Waals surface area contributed by atoms with Crippen LogP contribution in [-0.2, 0) is 17.9 Å². The van der Waals surface area contributed by atoms with Crippen LogP contribution in [0.3, 0.4) is 0 Å². The molecule has 1 unspecified atom stereocenters.